The van der Waals surface area contributed by atoms with E-state index in [-0.39, 0.29) is 11.9 Å². The van der Waals surface area contributed by atoms with Crippen molar-refractivity contribution in [2.24, 2.45) is 0 Å². The first kappa shape index (κ1) is 21.0. The second-order valence-electron chi connectivity index (χ2n) is 8.27. The predicted octanol–water partition coefficient (Wildman–Crippen LogP) is 4.18. The minimum atomic E-state index is -0.232. The van der Waals surface area contributed by atoms with Crippen molar-refractivity contribution < 1.29 is 4.39 Å². The fourth-order valence-electron chi connectivity index (χ4n) is 4.21. The third-order valence-corrected chi connectivity index (χ3v) is 6.19. The van der Waals surface area contributed by atoms with Crippen molar-refractivity contribution >= 4 is 22.3 Å². The van der Waals surface area contributed by atoms with Gasteiger partial charge in [0, 0.05) is 37.0 Å². The van der Waals surface area contributed by atoms with Crippen LogP contribution in [0.4, 0.5) is 15.9 Å². The van der Waals surface area contributed by atoms with Gasteiger partial charge in [-0.15, -0.1) is 5.10 Å². The van der Waals surface area contributed by atoms with Crippen LogP contribution in [0.15, 0.2) is 30.3 Å². The average Bonchev–Trinajstić information content (AvgIpc) is 2.76. The minimum Gasteiger partial charge on any atom is -0.367 e. The molecule has 1 N–H and O–H groups in total. The second kappa shape index (κ2) is 8.48. The highest BCUT2D eigenvalue weighted by molar-refractivity contribution is 5.95. The Balaban J connectivity index is 1.73. The molecule has 6 nitrogen and oxygen atoms in total. The number of fused-ring (bicyclic) bond motifs is 1. The van der Waals surface area contributed by atoms with Crippen molar-refractivity contribution in [2.75, 3.05) is 43.4 Å². The van der Waals surface area contributed by atoms with Crippen molar-refractivity contribution in [1.82, 2.24) is 15.1 Å². The minimum absolute atomic E-state index is 0.0920. The summed E-state index contributed by atoms with van der Waals surface area (Å²) < 4.78 is 15.0. The van der Waals surface area contributed by atoms with Gasteiger partial charge in [0.05, 0.1) is 29.1 Å². The van der Waals surface area contributed by atoms with Crippen molar-refractivity contribution in [1.29, 1.82) is 5.26 Å². The van der Waals surface area contributed by atoms with Gasteiger partial charge in [-0.2, -0.15) is 10.4 Å². The molecule has 0 amide bonds. The van der Waals surface area contributed by atoms with Crippen molar-refractivity contribution in [3.05, 3.63) is 58.5 Å². The maximum atomic E-state index is 15.0. The first-order valence-electron chi connectivity index (χ1n) is 10.5. The van der Waals surface area contributed by atoms with Gasteiger partial charge in [0.25, 0.3) is 0 Å². The lowest BCUT2D eigenvalue weighted by atomic mass is 9.98. The molecule has 1 atom stereocenters. The number of aryl methyl sites for hydroxylation is 1. The van der Waals surface area contributed by atoms with E-state index in [4.69, 9.17) is 0 Å². The van der Waals surface area contributed by atoms with E-state index in [0.717, 1.165) is 48.1 Å². The summed E-state index contributed by atoms with van der Waals surface area (Å²) in [6, 6.07) is 11.3. The summed E-state index contributed by atoms with van der Waals surface area (Å²) in [6.07, 6.45) is 0. The molecule has 4 rings (SSSR count). The van der Waals surface area contributed by atoms with Crippen LogP contribution in [0.25, 0.3) is 10.8 Å². The Morgan fingerprint density at radius 3 is 2.55 bits per heavy atom. The largest absolute Gasteiger partial charge is 0.367 e. The van der Waals surface area contributed by atoms with Crippen LogP contribution >= 0.6 is 0 Å². The van der Waals surface area contributed by atoms with Crippen LogP contribution < -0.4 is 10.2 Å². The van der Waals surface area contributed by atoms with E-state index < -0.39 is 0 Å². The molecular formula is C24H27FN6. The molecule has 3 aromatic rings. The predicted molar refractivity (Wildman–Crippen MR) is 122 cm³/mol. The molecule has 7 heteroatoms. The van der Waals surface area contributed by atoms with E-state index in [9.17, 15) is 5.26 Å². The third kappa shape index (κ3) is 4.04. The summed E-state index contributed by atoms with van der Waals surface area (Å²) in [4.78, 5) is 4.34. The molecule has 1 saturated heterocycles. The maximum Gasteiger partial charge on any atom is 0.157 e. The van der Waals surface area contributed by atoms with Gasteiger partial charge in [-0.05, 0) is 57.1 Å². The Kier molecular flexibility index (Phi) is 5.75. The van der Waals surface area contributed by atoms with Crippen LogP contribution in [0.2, 0.25) is 0 Å². The van der Waals surface area contributed by atoms with Crippen molar-refractivity contribution in [3.8, 4) is 6.07 Å². The van der Waals surface area contributed by atoms with E-state index in [1.165, 1.54) is 0 Å². The fourth-order valence-corrected chi connectivity index (χ4v) is 4.21. The van der Waals surface area contributed by atoms with E-state index in [1.807, 2.05) is 45.0 Å². The number of nitriles is 1. The van der Waals surface area contributed by atoms with Crippen LogP contribution in [0.1, 0.15) is 35.3 Å². The Bertz CT molecular complexity index is 1160. The normalized spacial score (nSPS) is 15.7. The Morgan fingerprint density at radius 1 is 1.10 bits per heavy atom. The number of rotatable bonds is 4. The van der Waals surface area contributed by atoms with Crippen LogP contribution in [0.3, 0.4) is 0 Å². The summed E-state index contributed by atoms with van der Waals surface area (Å²) in [6.45, 7) is 9.21. The molecule has 1 aromatic heterocycles. The van der Waals surface area contributed by atoms with E-state index in [0.29, 0.717) is 22.8 Å². The topological polar surface area (TPSA) is 68.1 Å². The molecule has 0 radical (unpaired) electrons. The number of likely N-dealkylation sites (N-methyl/N-ethyl adjacent to an activating group) is 1. The zero-order valence-corrected chi connectivity index (χ0v) is 18.4. The van der Waals surface area contributed by atoms with Gasteiger partial charge >= 0.3 is 0 Å². The molecule has 2 aromatic carbocycles. The van der Waals surface area contributed by atoms with E-state index >= 15 is 4.39 Å². The molecular weight excluding hydrogens is 391 g/mol. The van der Waals surface area contributed by atoms with E-state index in [1.54, 1.807) is 6.07 Å². The van der Waals surface area contributed by atoms with E-state index in [2.05, 4.69) is 38.4 Å². The van der Waals surface area contributed by atoms with Gasteiger partial charge in [0.15, 0.2) is 5.82 Å². The maximum absolute atomic E-state index is 15.0. The number of nitrogens with zero attached hydrogens (tertiary/aromatic N) is 5. The molecule has 0 spiro atoms. The smallest absolute Gasteiger partial charge is 0.157 e. The summed E-state index contributed by atoms with van der Waals surface area (Å²) >= 11 is 0. The molecule has 0 aliphatic carbocycles. The highest BCUT2D eigenvalue weighted by atomic mass is 19.1. The quantitative estimate of drug-likeness (QED) is 0.686. The third-order valence-electron chi connectivity index (χ3n) is 6.19. The standard InChI is InChI=1S/C24H27FN6/c1-15-18(14-26)6-5-7-19(15)16(2)27-24-21-13-23(31-10-8-30(4)9-11-31)22(25)12-20(21)17(3)28-29-24/h5-7,12-13,16H,8-11H2,1-4H3,(H,27,29). The Labute approximate surface area is 182 Å². The zero-order chi connectivity index (χ0) is 22.1. The first-order valence-corrected chi connectivity index (χ1v) is 10.5. The number of anilines is 2. The van der Waals surface area contributed by atoms with Crippen LogP contribution in [-0.4, -0.2) is 48.3 Å². The summed E-state index contributed by atoms with van der Waals surface area (Å²) in [5.74, 6) is 0.384. The molecule has 1 unspecified atom stereocenters. The number of halogens is 1. The lowest BCUT2D eigenvalue weighted by molar-refractivity contribution is 0.312. The van der Waals surface area contributed by atoms with Crippen LogP contribution in [0.5, 0.6) is 0 Å². The second-order valence-corrected chi connectivity index (χ2v) is 8.27. The first-order chi connectivity index (χ1) is 14.9. The molecule has 1 aliphatic rings. The zero-order valence-electron chi connectivity index (χ0n) is 18.4. The number of hydrogen-bond acceptors (Lipinski definition) is 6. The summed E-state index contributed by atoms with van der Waals surface area (Å²) in [7, 11) is 2.08. The Morgan fingerprint density at radius 2 is 1.84 bits per heavy atom. The number of aromatic nitrogens is 2. The lowest BCUT2D eigenvalue weighted by Gasteiger charge is -2.34. The fraction of sp³-hybridized carbons (Fsp3) is 0.375. The number of benzene rings is 2. The molecule has 0 saturated carbocycles. The van der Waals surface area contributed by atoms with Gasteiger partial charge in [-0.1, -0.05) is 12.1 Å². The highest BCUT2D eigenvalue weighted by Gasteiger charge is 2.21. The van der Waals surface area contributed by atoms with Gasteiger partial charge in [-0.3, -0.25) is 0 Å². The van der Waals surface area contributed by atoms with Gasteiger partial charge in [0.1, 0.15) is 5.82 Å². The number of nitrogens with one attached hydrogen (secondary N) is 1. The van der Waals surface area contributed by atoms with Crippen LogP contribution in [-0.2, 0) is 0 Å². The average molecular weight is 419 g/mol. The SMILES string of the molecule is Cc1c(C#N)cccc1C(C)Nc1nnc(C)c2cc(F)c(N3CCN(C)CC3)cc12. The van der Waals surface area contributed by atoms with Crippen molar-refractivity contribution in [3.63, 3.8) is 0 Å². The monoisotopic (exact) mass is 418 g/mol. The molecule has 1 aliphatic heterocycles. The van der Waals surface area contributed by atoms with Gasteiger partial charge in [0.2, 0.25) is 0 Å². The molecule has 1 fully saturated rings. The lowest BCUT2D eigenvalue weighted by Crippen LogP contribution is -2.44. The van der Waals surface area contributed by atoms with Crippen LogP contribution in [0, 0.1) is 31.0 Å². The molecule has 2 heterocycles. The molecule has 160 valence electrons. The highest BCUT2D eigenvalue weighted by Crippen LogP contribution is 2.33. The Hall–Kier alpha value is -3.24. The van der Waals surface area contributed by atoms with Gasteiger partial charge < -0.3 is 15.1 Å². The van der Waals surface area contributed by atoms with Crippen molar-refractivity contribution in [2.45, 2.75) is 26.8 Å². The number of piperazine rings is 1. The summed E-state index contributed by atoms with van der Waals surface area (Å²) in [5, 5.41) is 23.0. The number of hydrogen-bond donors (Lipinski definition) is 1. The molecule has 31 heavy (non-hydrogen) atoms. The summed E-state index contributed by atoms with van der Waals surface area (Å²) in [5.41, 5.74) is 3.92. The molecule has 0 bridgehead atoms. The van der Waals surface area contributed by atoms with Gasteiger partial charge in [-0.25, -0.2) is 4.39 Å².